The summed E-state index contributed by atoms with van der Waals surface area (Å²) in [5, 5.41) is 6.26. The highest BCUT2D eigenvalue weighted by atomic mass is 16.5. The van der Waals surface area contributed by atoms with Gasteiger partial charge in [0.25, 0.3) is 11.8 Å². The monoisotopic (exact) mass is 498 g/mol. The van der Waals surface area contributed by atoms with Crippen LogP contribution < -0.4 is 20.3 Å². The molecule has 8 heteroatoms. The number of nitrogens with zero attached hydrogens (tertiary/aromatic N) is 2. The molecule has 8 nitrogen and oxygen atoms in total. The molecule has 37 heavy (non-hydrogen) atoms. The minimum atomic E-state index is -0.528. The number of amides is 3. The molecule has 2 heterocycles. The van der Waals surface area contributed by atoms with Crippen LogP contribution in [0.4, 0.5) is 11.4 Å². The van der Waals surface area contributed by atoms with Crippen LogP contribution in [0.15, 0.2) is 72.8 Å². The van der Waals surface area contributed by atoms with Crippen LogP contribution >= 0.6 is 0 Å². The molecule has 3 aromatic carbocycles. The van der Waals surface area contributed by atoms with Crippen LogP contribution in [0.1, 0.15) is 45.2 Å². The van der Waals surface area contributed by atoms with Gasteiger partial charge in [-0.15, -0.1) is 0 Å². The van der Waals surface area contributed by atoms with E-state index < -0.39 is 6.04 Å². The first kappa shape index (κ1) is 24.5. The molecule has 0 spiro atoms. The molecule has 0 saturated carbocycles. The Bertz CT molecular complexity index is 1300. The van der Waals surface area contributed by atoms with E-state index in [1.54, 1.807) is 54.5 Å². The first-order chi connectivity index (χ1) is 18.0. The Morgan fingerprint density at radius 3 is 2.51 bits per heavy atom. The summed E-state index contributed by atoms with van der Waals surface area (Å²) in [4.78, 5) is 43.9. The van der Waals surface area contributed by atoms with Crippen molar-refractivity contribution in [3.63, 3.8) is 0 Å². The average Bonchev–Trinajstić information content (AvgIpc) is 3.30. The normalized spacial score (nSPS) is 17.8. The van der Waals surface area contributed by atoms with Crippen LogP contribution in [0.3, 0.4) is 0 Å². The van der Waals surface area contributed by atoms with Crippen molar-refractivity contribution in [1.82, 2.24) is 10.2 Å². The van der Waals surface area contributed by atoms with E-state index in [4.69, 9.17) is 4.74 Å². The summed E-state index contributed by atoms with van der Waals surface area (Å²) in [6.45, 7) is 2.92. The van der Waals surface area contributed by atoms with E-state index >= 15 is 0 Å². The Kier molecular flexibility index (Phi) is 7.18. The fourth-order valence-corrected chi connectivity index (χ4v) is 4.93. The highest BCUT2D eigenvalue weighted by molar-refractivity contribution is 6.12. The maximum atomic E-state index is 14.0. The van der Waals surface area contributed by atoms with E-state index in [0.717, 1.165) is 25.1 Å². The maximum absolute atomic E-state index is 14.0. The lowest BCUT2D eigenvalue weighted by Crippen LogP contribution is -2.35. The van der Waals surface area contributed by atoms with Gasteiger partial charge in [0, 0.05) is 30.8 Å². The Morgan fingerprint density at radius 1 is 0.892 bits per heavy atom. The second kappa shape index (κ2) is 10.8. The third-order valence-corrected chi connectivity index (χ3v) is 6.81. The number of ether oxygens (including phenoxy) is 1. The summed E-state index contributed by atoms with van der Waals surface area (Å²) in [6, 6.07) is 21.2. The SMILES string of the molecule is COc1cccc(C(=O)N2c3ccc(C(=O)N4CCCNCC4)cc3NC(=O)CC2c2ccccc2)c1. The van der Waals surface area contributed by atoms with Gasteiger partial charge in [-0.25, -0.2) is 0 Å². The van der Waals surface area contributed by atoms with Crippen molar-refractivity contribution in [3.8, 4) is 5.75 Å². The molecule has 0 aliphatic carbocycles. The zero-order chi connectivity index (χ0) is 25.8. The lowest BCUT2D eigenvalue weighted by Gasteiger charge is -2.31. The van der Waals surface area contributed by atoms with Gasteiger partial charge in [0.05, 0.1) is 30.9 Å². The molecule has 0 aromatic heterocycles. The molecule has 1 saturated heterocycles. The van der Waals surface area contributed by atoms with E-state index in [9.17, 15) is 14.4 Å². The predicted molar refractivity (Wildman–Crippen MR) is 142 cm³/mol. The lowest BCUT2D eigenvalue weighted by atomic mass is 9.99. The number of methoxy groups -OCH3 is 1. The van der Waals surface area contributed by atoms with Gasteiger partial charge in [0.15, 0.2) is 0 Å². The zero-order valence-electron chi connectivity index (χ0n) is 20.8. The number of rotatable bonds is 4. The zero-order valence-corrected chi connectivity index (χ0v) is 20.8. The number of benzene rings is 3. The van der Waals surface area contributed by atoms with Crippen molar-refractivity contribution in [2.45, 2.75) is 18.9 Å². The van der Waals surface area contributed by atoms with Gasteiger partial charge in [0.2, 0.25) is 5.91 Å². The van der Waals surface area contributed by atoms with E-state index in [1.807, 2.05) is 35.2 Å². The minimum Gasteiger partial charge on any atom is -0.497 e. The first-order valence-corrected chi connectivity index (χ1v) is 12.5. The van der Waals surface area contributed by atoms with E-state index in [0.29, 0.717) is 41.3 Å². The summed E-state index contributed by atoms with van der Waals surface area (Å²) < 4.78 is 5.34. The van der Waals surface area contributed by atoms with Crippen LogP contribution in [0.5, 0.6) is 5.75 Å². The standard InChI is InChI=1S/C29H30N4O4/c1-37-23-10-5-9-21(17-23)29(36)33-25-12-11-22(28(35)32-15-6-13-30-14-16-32)18-24(25)31-27(34)19-26(33)20-7-3-2-4-8-20/h2-5,7-12,17-18,26,30H,6,13-16,19H2,1H3,(H,31,34). The van der Waals surface area contributed by atoms with Crippen LogP contribution in [0.2, 0.25) is 0 Å². The van der Waals surface area contributed by atoms with Gasteiger partial charge in [-0.3, -0.25) is 19.3 Å². The predicted octanol–water partition coefficient (Wildman–Crippen LogP) is 3.86. The van der Waals surface area contributed by atoms with Crippen molar-refractivity contribution in [2.24, 2.45) is 0 Å². The molecule has 0 bridgehead atoms. The third kappa shape index (κ3) is 5.20. The smallest absolute Gasteiger partial charge is 0.259 e. The maximum Gasteiger partial charge on any atom is 0.259 e. The number of hydrogen-bond acceptors (Lipinski definition) is 5. The van der Waals surface area contributed by atoms with E-state index in [2.05, 4.69) is 10.6 Å². The molecule has 0 radical (unpaired) electrons. The molecule has 2 aliphatic heterocycles. The minimum absolute atomic E-state index is 0.0788. The topological polar surface area (TPSA) is 91.0 Å². The Hall–Kier alpha value is -4.17. The van der Waals surface area contributed by atoms with Crippen LogP contribution in [0, 0.1) is 0 Å². The summed E-state index contributed by atoms with van der Waals surface area (Å²) in [5.41, 5.74) is 2.75. The largest absolute Gasteiger partial charge is 0.497 e. The van der Waals surface area contributed by atoms with Crippen molar-refractivity contribution >= 4 is 29.1 Å². The number of hydrogen-bond donors (Lipinski definition) is 2. The van der Waals surface area contributed by atoms with Crippen LogP contribution in [-0.4, -0.2) is 55.9 Å². The Labute approximate surface area is 216 Å². The highest BCUT2D eigenvalue weighted by Crippen LogP contribution is 2.40. The second-order valence-electron chi connectivity index (χ2n) is 9.21. The van der Waals surface area contributed by atoms with E-state index in [1.165, 1.54) is 0 Å². The van der Waals surface area contributed by atoms with Crippen LogP contribution in [0.25, 0.3) is 0 Å². The molecule has 5 rings (SSSR count). The van der Waals surface area contributed by atoms with Crippen LogP contribution in [-0.2, 0) is 4.79 Å². The highest BCUT2D eigenvalue weighted by Gasteiger charge is 2.35. The quantitative estimate of drug-likeness (QED) is 0.570. The van der Waals surface area contributed by atoms with Gasteiger partial charge in [0.1, 0.15) is 5.75 Å². The van der Waals surface area contributed by atoms with Crippen molar-refractivity contribution in [2.75, 3.05) is 43.5 Å². The summed E-state index contributed by atoms with van der Waals surface area (Å²) in [5.74, 6) is -0.00249. The van der Waals surface area contributed by atoms with Gasteiger partial charge >= 0.3 is 0 Å². The lowest BCUT2D eigenvalue weighted by molar-refractivity contribution is -0.116. The fourth-order valence-electron chi connectivity index (χ4n) is 4.93. The second-order valence-corrected chi connectivity index (χ2v) is 9.21. The van der Waals surface area contributed by atoms with E-state index in [-0.39, 0.29) is 24.1 Å². The summed E-state index contributed by atoms with van der Waals surface area (Å²) in [6.07, 6.45) is 0.963. The molecule has 3 amide bonds. The molecular formula is C29H30N4O4. The third-order valence-electron chi connectivity index (χ3n) is 6.81. The summed E-state index contributed by atoms with van der Waals surface area (Å²) >= 11 is 0. The molecule has 1 unspecified atom stereocenters. The van der Waals surface area contributed by atoms with Crippen molar-refractivity contribution in [1.29, 1.82) is 0 Å². The molecule has 2 N–H and O–H groups in total. The number of carbonyl (C=O) groups excluding carboxylic acids is 3. The number of carbonyl (C=O) groups is 3. The molecule has 3 aromatic rings. The Balaban J connectivity index is 1.58. The summed E-state index contributed by atoms with van der Waals surface area (Å²) in [7, 11) is 1.55. The Morgan fingerprint density at radius 2 is 1.70 bits per heavy atom. The average molecular weight is 499 g/mol. The molecule has 2 aliphatic rings. The van der Waals surface area contributed by atoms with Crippen molar-refractivity contribution in [3.05, 3.63) is 89.5 Å². The molecule has 1 fully saturated rings. The van der Waals surface area contributed by atoms with Gasteiger partial charge in [-0.2, -0.15) is 0 Å². The number of nitrogens with one attached hydrogen (secondary N) is 2. The molecular weight excluding hydrogens is 468 g/mol. The van der Waals surface area contributed by atoms with Crippen molar-refractivity contribution < 1.29 is 19.1 Å². The molecule has 1 atom stereocenters. The first-order valence-electron chi connectivity index (χ1n) is 12.5. The van der Waals surface area contributed by atoms with Gasteiger partial charge in [-0.1, -0.05) is 36.4 Å². The van der Waals surface area contributed by atoms with Gasteiger partial charge < -0.3 is 20.3 Å². The fraction of sp³-hybridized carbons (Fsp3) is 0.276. The number of fused-ring (bicyclic) bond motifs is 1. The number of anilines is 2. The van der Waals surface area contributed by atoms with Gasteiger partial charge in [-0.05, 0) is 54.9 Å². The molecule has 190 valence electrons.